The molecule has 0 saturated carbocycles. The molecule has 1 aliphatic carbocycles. The Kier molecular flexibility index (Phi) is 6.96. The smallest absolute Gasteiger partial charge is 0.341 e. The van der Waals surface area contributed by atoms with Gasteiger partial charge in [0.25, 0.3) is 5.91 Å². The van der Waals surface area contributed by atoms with Crippen molar-refractivity contribution >= 4 is 28.2 Å². The molecule has 3 rings (SSSR count). The lowest BCUT2D eigenvalue weighted by atomic mass is 9.95. The number of rotatable bonds is 7. The quantitative estimate of drug-likeness (QED) is 0.621. The molecule has 0 fully saturated rings. The zero-order valence-electron chi connectivity index (χ0n) is 17.5. The number of carbonyl (C=O) groups is 2. The van der Waals surface area contributed by atoms with Crippen LogP contribution in [-0.4, -0.2) is 24.6 Å². The van der Waals surface area contributed by atoms with Gasteiger partial charge in [-0.3, -0.25) is 4.79 Å². The number of esters is 1. The summed E-state index contributed by atoms with van der Waals surface area (Å²) in [7, 11) is 0. The van der Waals surface area contributed by atoms with Gasteiger partial charge >= 0.3 is 5.97 Å². The highest BCUT2D eigenvalue weighted by atomic mass is 32.1. The van der Waals surface area contributed by atoms with Crippen LogP contribution in [0.3, 0.4) is 0 Å². The molecule has 1 amide bonds. The van der Waals surface area contributed by atoms with Crippen molar-refractivity contribution in [3.8, 4) is 5.75 Å². The molecule has 2 aromatic rings. The molecular formula is C23H29NO4S. The molecule has 29 heavy (non-hydrogen) atoms. The van der Waals surface area contributed by atoms with E-state index in [9.17, 15) is 9.59 Å². The van der Waals surface area contributed by atoms with Gasteiger partial charge < -0.3 is 14.8 Å². The van der Waals surface area contributed by atoms with Gasteiger partial charge in [0.1, 0.15) is 10.8 Å². The lowest BCUT2D eigenvalue weighted by Gasteiger charge is -2.18. The number of fused-ring (bicyclic) bond motifs is 1. The van der Waals surface area contributed by atoms with E-state index in [0.717, 1.165) is 36.8 Å². The minimum atomic E-state index is -0.691. The summed E-state index contributed by atoms with van der Waals surface area (Å²) >= 11 is 1.49. The fourth-order valence-electron chi connectivity index (χ4n) is 3.60. The van der Waals surface area contributed by atoms with Gasteiger partial charge in [-0.25, -0.2) is 4.79 Å². The van der Waals surface area contributed by atoms with Gasteiger partial charge in [0.2, 0.25) is 0 Å². The van der Waals surface area contributed by atoms with Crippen LogP contribution in [0.1, 0.15) is 72.8 Å². The zero-order chi connectivity index (χ0) is 21.0. The second-order valence-electron chi connectivity index (χ2n) is 7.58. The first-order valence-corrected chi connectivity index (χ1v) is 11.1. The average molecular weight is 416 g/mol. The number of para-hydroxylation sites is 1. The standard InChI is InChI=1S/C23H29NO4S/c1-5-27-23(26)20-17-11-7-9-13-19(17)29-22(20)24-21(25)15(4)28-18-12-8-6-10-16(18)14(2)3/h6,8,10,12,14-15H,5,7,9,11,13H2,1-4H3,(H,24,25). The van der Waals surface area contributed by atoms with Gasteiger partial charge in [-0.15, -0.1) is 11.3 Å². The normalized spacial score (nSPS) is 14.2. The summed E-state index contributed by atoms with van der Waals surface area (Å²) in [5.74, 6) is 0.371. The predicted octanol–water partition coefficient (Wildman–Crippen LogP) is 5.33. The van der Waals surface area contributed by atoms with Gasteiger partial charge in [-0.1, -0.05) is 32.0 Å². The van der Waals surface area contributed by atoms with Crippen LogP contribution in [0.25, 0.3) is 0 Å². The molecule has 1 atom stereocenters. The second kappa shape index (κ2) is 9.44. The lowest BCUT2D eigenvalue weighted by molar-refractivity contribution is -0.122. The fourth-order valence-corrected chi connectivity index (χ4v) is 4.88. The topological polar surface area (TPSA) is 64.6 Å². The van der Waals surface area contributed by atoms with Crippen LogP contribution in [0.15, 0.2) is 24.3 Å². The number of carbonyl (C=O) groups excluding carboxylic acids is 2. The van der Waals surface area contributed by atoms with E-state index < -0.39 is 6.10 Å². The third-order valence-electron chi connectivity index (χ3n) is 5.10. The van der Waals surface area contributed by atoms with Crippen molar-refractivity contribution in [3.05, 3.63) is 45.8 Å². The number of hydrogen-bond acceptors (Lipinski definition) is 5. The van der Waals surface area contributed by atoms with Crippen LogP contribution in [-0.2, 0) is 22.4 Å². The maximum absolute atomic E-state index is 12.9. The van der Waals surface area contributed by atoms with Crippen LogP contribution < -0.4 is 10.1 Å². The van der Waals surface area contributed by atoms with Crippen molar-refractivity contribution in [3.63, 3.8) is 0 Å². The summed E-state index contributed by atoms with van der Waals surface area (Å²) in [4.78, 5) is 26.6. The van der Waals surface area contributed by atoms with Gasteiger partial charge in [0.15, 0.2) is 6.10 Å². The highest BCUT2D eigenvalue weighted by Gasteiger charge is 2.28. The Morgan fingerprint density at radius 3 is 2.59 bits per heavy atom. The molecule has 0 radical (unpaired) electrons. The molecule has 1 aromatic heterocycles. The second-order valence-corrected chi connectivity index (χ2v) is 8.68. The van der Waals surface area contributed by atoms with Crippen molar-refractivity contribution in [2.75, 3.05) is 11.9 Å². The van der Waals surface area contributed by atoms with E-state index in [-0.39, 0.29) is 11.9 Å². The zero-order valence-corrected chi connectivity index (χ0v) is 18.4. The van der Waals surface area contributed by atoms with E-state index in [1.54, 1.807) is 13.8 Å². The molecule has 5 nitrogen and oxygen atoms in total. The van der Waals surface area contributed by atoms with Crippen LogP contribution >= 0.6 is 11.3 Å². The summed E-state index contributed by atoms with van der Waals surface area (Å²) in [6.45, 7) is 8.01. The van der Waals surface area contributed by atoms with E-state index >= 15 is 0 Å². The molecule has 1 unspecified atom stereocenters. The molecule has 1 heterocycles. The maximum atomic E-state index is 12.9. The number of amides is 1. The Labute approximate surface area is 176 Å². The maximum Gasteiger partial charge on any atom is 0.341 e. The van der Waals surface area contributed by atoms with E-state index in [1.807, 2.05) is 24.3 Å². The third kappa shape index (κ3) is 4.81. The Morgan fingerprint density at radius 2 is 1.86 bits per heavy atom. The molecule has 1 N–H and O–H groups in total. The molecular weight excluding hydrogens is 386 g/mol. The van der Waals surface area contributed by atoms with Crippen molar-refractivity contribution in [1.82, 2.24) is 0 Å². The Bertz CT molecular complexity index is 887. The molecule has 0 bridgehead atoms. The number of anilines is 1. The lowest BCUT2D eigenvalue weighted by Crippen LogP contribution is -2.30. The summed E-state index contributed by atoms with van der Waals surface area (Å²) < 4.78 is 11.2. The van der Waals surface area contributed by atoms with E-state index in [0.29, 0.717) is 28.8 Å². The van der Waals surface area contributed by atoms with Gasteiger partial charge in [0, 0.05) is 4.88 Å². The monoisotopic (exact) mass is 415 g/mol. The molecule has 0 aliphatic heterocycles. The molecule has 1 aromatic carbocycles. The highest BCUT2D eigenvalue weighted by molar-refractivity contribution is 7.17. The van der Waals surface area contributed by atoms with E-state index in [2.05, 4.69) is 19.2 Å². The van der Waals surface area contributed by atoms with Crippen molar-refractivity contribution in [2.24, 2.45) is 0 Å². The van der Waals surface area contributed by atoms with Crippen LogP contribution in [0.4, 0.5) is 5.00 Å². The molecule has 0 saturated heterocycles. The Morgan fingerprint density at radius 1 is 1.14 bits per heavy atom. The first-order chi connectivity index (χ1) is 13.9. The number of aryl methyl sites for hydroxylation is 1. The number of nitrogens with one attached hydrogen (secondary N) is 1. The van der Waals surface area contributed by atoms with E-state index in [1.165, 1.54) is 16.2 Å². The minimum absolute atomic E-state index is 0.271. The number of ether oxygens (including phenoxy) is 2. The number of benzene rings is 1. The summed E-state index contributed by atoms with van der Waals surface area (Å²) in [5.41, 5.74) is 2.62. The van der Waals surface area contributed by atoms with Gasteiger partial charge in [0.05, 0.1) is 12.2 Å². The summed E-state index contributed by atoms with van der Waals surface area (Å²) in [5, 5.41) is 3.51. The van der Waals surface area contributed by atoms with Crippen LogP contribution in [0.5, 0.6) is 5.75 Å². The summed E-state index contributed by atoms with van der Waals surface area (Å²) in [6, 6.07) is 7.76. The SMILES string of the molecule is CCOC(=O)c1c(NC(=O)C(C)Oc2ccccc2C(C)C)sc2c1CCCC2. The first kappa shape index (κ1) is 21.4. The number of hydrogen-bond donors (Lipinski definition) is 1. The van der Waals surface area contributed by atoms with Crippen LogP contribution in [0, 0.1) is 0 Å². The van der Waals surface area contributed by atoms with Crippen molar-refractivity contribution < 1.29 is 19.1 Å². The average Bonchev–Trinajstić information content (AvgIpc) is 3.06. The van der Waals surface area contributed by atoms with Gasteiger partial charge in [-0.2, -0.15) is 0 Å². The minimum Gasteiger partial charge on any atom is -0.481 e. The van der Waals surface area contributed by atoms with Crippen molar-refractivity contribution in [1.29, 1.82) is 0 Å². The highest BCUT2D eigenvalue weighted by Crippen LogP contribution is 2.38. The van der Waals surface area contributed by atoms with Crippen LogP contribution in [0.2, 0.25) is 0 Å². The Balaban J connectivity index is 1.80. The van der Waals surface area contributed by atoms with Gasteiger partial charge in [-0.05, 0) is 62.6 Å². The molecule has 1 aliphatic rings. The summed E-state index contributed by atoms with van der Waals surface area (Å²) in [6.07, 6.45) is 3.26. The molecule has 6 heteroatoms. The molecule has 156 valence electrons. The van der Waals surface area contributed by atoms with Crippen molar-refractivity contribution in [2.45, 2.75) is 65.4 Å². The largest absolute Gasteiger partial charge is 0.481 e. The predicted molar refractivity (Wildman–Crippen MR) is 116 cm³/mol. The molecule has 0 spiro atoms. The van der Waals surface area contributed by atoms with E-state index in [4.69, 9.17) is 9.47 Å². The fraction of sp³-hybridized carbons (Fsp3) is 0.478. The first-order valence-electron chi connectivity index (χ1n) is 10.3. The Hall–Kier alpha value is -2.34. The third-order valence-corrected chi connectivity index (χ3v) is 6.31. The number of thiophene rings is 1.